The molecule has 0 aliphatic rings. The Kier molecular flexibility index (Phi) is 8.38. The molecule has 1 nitrogen and oxygen atoms in total. The molecule has 1 atom stereocenters. The van der Waals surface area contributed by atoms with Gasteiger partial charge in [-0.15, -0.1) is 12.3 Å². The number of thiol groups is 1. The van der Waals surface area contributed by atoms with Gasteiger partial charge in [-0.1, -0.05) is 24.5 Å². The lowest BCUT2D eigenvalue weighted by atomic mass is 10.2. The van der Waals surface area contributed by atoms with Gasteiger partial charge >= 0.3 is 0 Å². The van der Waals surface area contributed by atoms with Crippen LogP contribution in [-0.4, -0.2) is 11.2 Å². The Hall–Kier alpha value is -1.01. The first-order chi connectivity index (χ1) is 6.31. The predicted molar refractivity (Wildman–Crippen MR) is 57.8 cm³/mol. The van der Waals surface area contributed by atoms with Crippen LogP contribution in [-0.2, 0) is 0 Å². The fourth-order valence-corrected chi connectivity index (χ4v) is 0.829. The number of terminal acetylenes is 1. The lowest BCUT2D eigenvalue weighted by molar-refractivity contribution is 0.289. The van der Waals surface area contributed by atoms with E-state index in [2.05, 4.69) is 41.6 Å². The van der Waals surface area contributed by atoms with Gasteiger partial charge in [0.1, 0.15) is 0 Å². The maximum atomic E-state index is 9.02. The van der Waals surface area contributed by atoms with Crippen LogP contribution in [0.25, 0.3) is 0 Å². The van der Waals surface area contributed by atoms with Gasteiger partial charge in [0.25, 0.3) is 0 Å². The van der Waals surface area contributed by atoms with E-state index in [1.165, 1.54) is 0 Å². The molecule has 0 spiro atoms. The Bertz CT molecular complexity index is 279. The van der Waals surface area contributed by atoms with Gasteiger partial charge in [-0.3, -0.25) is 0 Å². The third-order valence-electron chi connectivity index (χ3n) is 1.31. The van der Waals surface area contributed by atoms with Crippen molar-refractivity contribution in [3.8, 4) is 35.4 Å². The second-order valence-electron chi connectivity index (χ2n) is 2.39. The highest BCUT2D eigenvalue weighted by Crippen LogP contribution is 1.96. The molecule has 0 aliphatic heterocycles. The van der Waals surface area contributed by atoms with Gasteiger partial charge in [0.2, 0.25) is 0 Å². The van der Waals surface area contributed by atoms with Crippen LogP contribution in [0.4, 0.5) is 0 Å². The summed E-state index contributed by atoms with van der Waals surface area (Å²) in [7, 11) is 0. The first kappa shape index (κ1) is 12.0. The van der Waals surface area contributed by atoms with Crippen LogP contribution < -0.4 is 0 Å². The van der Waals surface area contributed by atoms with E-state index in [9.17, 15) is 0 Å². The molecule has 0 aromatic carbocycles. The largest absolute Gasteiger partial charge is 0.369 e. The van der Waals surface area contributed by atoms with E-state index in [1.807, 2.05) is 0 Å². The molecule has 2 heteroatoms. The fraction of sp³-hybridized carbons (Fsp3) is 0.455. The third kappa shape index (κ3) is 8.90. The maximum absolute atomic E-state index is 9.02. The Balaban J connectivity index is 3.49. The van der Waals surface area contributed by atoms with E-state index in [4.69, 9.17) is 11.5 Å². The molecule has 0 saturated carbocycles. The monoisotopic (exact) mass is 192 g/mol. The van der Waals surface area contributed by atoms with Crippen LogP contribution in [0.3, 0.4) is 0 Å². The van der Waals surface area contributed by atoms with Crippen LogP contribution in [0, 0.1) is 35.4 Å². The molecule has 13 heavy (non-hydrogen) atoms. The zero-order valence-corrected chi connectivity index (χ0v) is 8.27. The minimum Gasteiger partial charge on any atom is -0.369 e. The summed E-state index contributed by atoms with van der Waals surface area (Å²) in [5.74, 6) is 10.4. The van der Waals surface area contributed by atoms with Gasteiger partial charge in [0.15, 0.2) is 6.10 Å². The van der Waals surface area contributed by atoms with E-state index in [-0.39, 0.29) is 0 Å². The average Bonchev–Trinajstić information content (AvgIpc) is 2.11. The fourth-order valence-electron chi connectivity index (χ4n) is 0.707. The standard InChI is InChI=1S/C11H12OS/c1-2-3-4-5-6-7-8-11(12)9-10-13/h1,11-13H,3-6H2. The lowest BCUT2D eigenvalue weighted by Gasteiger charge is -1.90. The van der Waals surface area contributed by atoms with E-state index in [1.54, 1.807) is 0 Å². The van der Waals surface area contributed by atoms with Crippen molar-refractivity contribution in [1.29, 1.82) is 0 Å². The minimum atomic E-state index is -0.870. The number of hydrogen-bond acceptors (Lipinski definition) is 2. The van der Waals surface area contributed by atoms with E-state index >= 15 is 0 Å². The second kappa shape index (κ2) is 9.08. The lowest BCUT2D eigenvalue weighted by Crippen LogP contribution is -1.96. The Morgan fingerprint density at radius 2 is 1.92 bits per heavy atom. The molecule has 0 saturated heterocycles. The number of unbranched alkanes of at least 4 members (excludes halogenated alkanes) is 3. The highest BCUT2D eigenvalue weighted by molar-refractivity contribution is 7.85. The number of rotatable bonds is 3. The smallest absolute Gasteiger partial charge is 0.177 e. The molecule has 0 amide bonds. The van der Waals surface area contributed by atoms with Crippen molar-refractivity contribution >= 4 is 12.6 Å². The summed E-state index contributed by atoms with van der Waals surface area (Å²) in [6.07, 6.45) is 7.71. The summed E-state index contributed by atoms with van der Waals surface area (Å²) in [5.41, 5.74) is 0. The second-order valence-corrected chi connectivity index (χ2v) is 2.61. The molecule has 0 aromatic heterocycles. The van der Waals surface area contributed by atoms with Crippen molar-refractivity contribution in [3.63, 3.8) is 0 Å². The Labute approximate surface area is 85.3 Å². The van der Waals surface area contributed by atoms with Crippen molar-refractivity contribution in [2.24, 2.45) is 0 Å². The zero-order valence-electron chi connectivity index (χ0n) is 7.38. The van der Waals surface area contributed by atoms with Crippen molar-refractivity contribution in [1.82, 2.24) is 0 Å². The summed E-state index contributed by atoms with van der Waals surface area (Å²) >= 11 is 3.64. The molecule has 0 aromatic rings. The molecular weight excluding hydrogens is 180 g/mol. The van der Waals surface area contributed by atoms with Crippen LogP contribution in [0.15, 0.2) is 0 Å². The summed E-state index contributed by atoms with van der Waals surface area (Å²) in [4.78, 5) is 0. The van der Waals surface area contributed by atoms with Crippen LogP contribution >= 0.6 is 12.6 Å². The highest BCUT2D eigenvalue weighted by atomic mass is 32.1. The summed E-state index contributed by atoms with van der Waals surface area (Å²) in [6, 6.07) is 0. The van der Waals surface area contributed by atoms with Gasteiger partial charge in [-0.2, -0.15) is 0 Å². The quantitative estimate of drug-likeness (QED) is 0.394. The van der Waals surface area contributed by atoms with Gasteiger partial charge in [0, 0.05) is 12.8 Å². The zero-order chi connectivity index (χ0) is 9.94. The van der Waals surface area contributed by atoms with E-state index in [0.717, 1.165) is 25.7 Å². The van der Waals surface area contributed by atoms with Crippen molar-refractivity contribution < 1.29 is 5.11 Å². The number of hydrogen-bond donors (Lipinski definition) is 2. The van der Waals surface area contributed by atoms with Crippen molar-refractivity contribution in [2.75, 3.05) is 0 Å². The van der Waals surface area contributed by atoms with Crippen molar-refractivity contribution in [2.45, 2.75) is 31.8 Å². The number of aliphatic hydroxyl groups is 1. The van der Waals surface area contributed by atoms with E-state index < -0.39 is 6.10 Å². The molecule has 0 aliphatic carbocycles. The topological polar surface area (TPSA) is 20.2 Å². The van der Waals surface area contributed by atoms with Crippen LogP contribution in [0.2, 0.25) is 0 Å². The third-order valence-corrected chi connectivity index (χ3v) is 1.44. The summed E-state index contributed by atoms with van der Waals surface area (Å²) in [5, 5.41) is 11.3. The highest BCUT2D eigenvalue weighted by Gasteiger charge is 1.88. The number of aliphatic hydroxyl groups excluding tert-OH is 1. The minimum absolute atomic E-state index is 0.757. The average molecular weight is 192 g/mol. The molecule has 0 heterocycles. The first-order valence-corrected chi connectivity index (χ1v) is 4.50. The van der Waals surface area contributed by atoms with Gasteiger partial charge < -0.3 is 5.11 Å². The van der Waals surface area contributed by atoms with Gasteiger partial charge in [-0.05, 0) is 24.0 Å². The summed E-state index contributed by atoms with van der Waals surface area (Å²) < 4.78 is 0. The Morgan fingerprint density at radius 1 is 1.23 bits per heavy atom. The molecule has 0 bridgehead atoms. The van der Waals surface area contributed by atoms with Crippen LogP contribution in [0.5, 0.6) is 0 Å². The molecule has 68 valence electrons. The SMILES string of the molecule is C#CCCCCC#CC(O)C#CS. The maximum Gasteiger partial charge on any atom is 0.177 e. The first-order valence-electron chi connectivity index (χ1n) is 4.05. The molecule has 1 N–H and O–H groups in total. The Morgan fingerprint density at radius 3 is 2.54 bits per heavy atom. The summed E-state index contributed by atoms with van der Waals surface area (Å²) in [6.45, 7) is 0. The van der Waals surface area contributed by atoms with Crippen LogP contribution in [0.1, 0.15) is 25.7 Å². The van der Waals surface area contributed by atoms with Crippen molar-refractivity contribution in [3.05, 3.63) is 0 Å². The molecule has 1 unspecified atom stereocenters. The molecule has 0 radical (unpaired) electrons. The van der Waals surface area contributed by atoms with Gasteiger partial charge in [0.05, 0.1) is 0 Å². The molecule has 0 rings (SSSR count). The molecular formula is C11H12OS. The molecule has 0 fully saturated rings. The predicted octanol–water partition coefficient (Wildman–Crippen LogP) is 1.43. The van der Waals surface area contributed by atoms with E-state index in [0.29, 0.717) is 0 Å². The van der Waals surface area contributed by atoms with Gasteiger partial charge in [-0.25, -0.2) is 0 Å². The normalized spacial score (nSPS) is 9.92.